The van der Waals surface area contributed by atoms with E-state index in [0.717, 1.165) is 6.42 Å². The fourth-order valence-electron chi connectivity index (χ4n) is 3.28. The molecule has 2 aromatic carbocycles. The molecule has 0 aliphatic carbocycles. The van der Waals surface area contributed by atoms with Crippen molar-refractivity contribution in [3.63, 3.8) is 0 Å². The highest BCUT2D eigenvalue weighted by Crippen LogP contribution is 2.24. The van der Waals surface area contributed by atoms with Crippen LogP contribution in [0.25, 0.3) is 0 Å². The highest BCUT2D eigenvalue weighted by atomic mass is 32.2. The van der Waals surface area contributed by atoms with Crippen molar-refractivity contribution in [3.05, 3.63) is 65.5 Å². The summed E-state index contributed by atoms with van der Waals surface area (Å²) in [6.07, 6.45) is 1.24. The Morgan fingerprint density at radius 2 is 1.89 bits per heavy atom. The van der Waals surface area contributed by atoms with Gasteiger partial charge in [-0.1, -0.05) is 25.1 Å². The molecule has 1 fully saturated rings. The first kappa shape index (κ1) is 20.3. The molecule has 0 spiro atoms. The molecular weight excluding hydrogens is 381 g/mol. The van der Waals surface area contributed by atoms with E-state index in [1.807, 2.05) is 6.92 Å². The molecule has 28 heavy (non-hydrogen) atoms. The molecule has 1 atom stereocenters. The molecule has 1 amide bonds. The van der Waals surface area contributed by atoms with Gasteiger partial charge in [0.15, 0.2) is 9.84 Å². The van der Waals surface area contributed by atoms with Crippen LogP contribution in [0.1, 0.15) is 35.7 Å². The van der Waals surface area contributed by atoms with Crippen LogP contribution in [0, 0.1) is 5.82 Å². The summed E-state index contributed by atoms with van der Waals surface area (Å²) >= 11 is 0. The lowest BCUT2D eigenvalue weighted by Crippen LogP contribution is -2.40. The van der Waals surface area contributed by atoms with Gasteiger partial charge in [0, 0.05) is 23.7 Å². The molecule has 1 unspecified atom stereocenters. The lowest BCUT2D eigenvalue weighted by Gasteiger charge is -2.28. The maximum atomic E-state index is 14.2. The SMILES string of the molecule is CCCOc1ccc(C(=O)N(Cc2ccccc2F)C2CCS(=O)(=O)C2)cc1. The zero-order chi connectivity index (χ0) is 20.1. The number of benzene rings is 2. The largest absolute Gasteiger partial charge is 0.494 e. The molecule has 1 aliphatic rings. The molecule has 5 nitrogen and oxygen atoms in total. The Kier molecular flexibility index (Phi) is 6.34. The molecule has 0 bridgehead atoms. The molecule has 0 aromatic heterocycles. The topological polar surface area (TPSA) is 63.7 Å². The summed E-state index contributed by atoms with van der Waals surface area (Å²) in [4.78, 5) is 14.6. The molecule has 0 N–H and O–H groups in total. The smallest absolute Gasteiger partial charge is 0.254 e. The maximum Gasteiger partial charge on any atom is 0.254 e. The Hall–Kier alpha value is -2.41. The number of hydrogen-bond acceptors (Lipinski definition) is 4. The van der Waals surface area contributed by atoms with Crippen LogP contribution in [0.4, 0.5) is 4.39 Å². The predicted octanol–water partition coefficient (Wildman–Crippen LogP) is 3.44. The Morgan fingerprint density at radius 3 is 2.50 bits per heavy atom. The number of amides is 1. The Morgan fingerprint density at radius 1 is 1.18 bits per heavy atom. The van der Waals surface area contributed by atoms with Gasteiger partial charge < -0.3 is 9.64 Å². The van der Waals surface area contributed by atoms with E-state index in [2.05, 4.69) is 0 Å². The second-order valence-electron chi connectivity index (χ2n) is 6.95. The standard InChI is InChI=1S/C21H24FNO4S/c1-2-12-27-19-9-7-16(8-10-19)21(24)23(18-11-13-28(25,26)15-18)14-17-5-3-4-6-20(17)22/h3-10,18H,2,11-15H2,1H3. The van der Waals surface area contributed by atoms with Crippen LogP contribution in [0.15, 0.2) is 48.5 Å². The molecule has 0 saturated carbocycles. The van der Waals surface area contributed by atoms with Crippen LogP contribution in [-0.4, -0.2) is 43.4 Å². The number of carbonyl (C=O) groups is 1. The fraction of sp³-hybridized carbons (Fsp3) is 0.381. The Bertz CT molecular complexity index is 928. The van der Waals surface area contributed by atoms with Gasteiger partial charge in [0.1, 0.15) is 11.6 Å². The van der Waals surface area contributed by atoms with Crippen LogP contribution >= 0.6 is 0 Å². The van der Waals surface area contributed by atoms with Crippen LogP contribution in [-0.2, 0) is 16.4 Å². The first-order valence-corrected chi connectivity index (χ1v) is 11.2. The minimum absolute atomic E-state index is 0.0276. The Labute approximate surface area is 165 Å². The molecule has 1 aliphatic heterocycles. The van der Waals surface area contributed by atoms with Crippen molar-refractivity contribution in [2.45, 2.75) is 32.4 Å². The lowest BCUT2D eigenvalue weighted by molar-refractivity contribution is 0.0679. The summed E-state index contributed by atoms with van der Waals surface area (Å²) in [7, 11) is -3.18. The van der Waals surface area contributed by atoms with Crippen molar-refractivity contribution >= 4 is 15.7 Å². The molecule has 0 radical (unpaired) electrons. The predicted molar refractivity (Wildman–Crippen MR) is 106 cm³/mol. The van der Waals surface area contributed by atoms with Crippen molar-refractivity contribution in [1.29, 1.82) is 0 Å². The van der Waals surface area contributed by atoms with Crippen LogP contribution in [0.5, 0.6) is 5.75 Å². The first-order chi connectivity index (χ1) is 13.4. The average molecular weight is 405 g/mol. The van der Waals surface area contributed by atoms with Crippen molar-refractivity contribution in [1.82, 2.24) is 4.90 Å². The van der Waals surface area contributed by atoms with Crippen LogP contribution in [0.2, 0.25) is 0 Å². The van der Waals surface area contributed by atoms with Crippen molar-refractivity contribution in [2.75, 3.05) is 18.1 Å². The zero-order valence-corrected chi connectivity index (χ0v) is 16.6. The van der Waals surface area contributed by atoms with Gasteiger partial charge in [-0.15, -0.1) is 0 Å². The van der Waals surface area contributed by atoms with E-state index in [9.17, 15) is 17.6 Å². The Balaban J connectivity index is 1.85. The van der Waals surface area contributed by atoms with E-state index in [-0.39, 0.29) is 24.0 Å². The van der Waals surface area contributed by atoms with E-state index in [4.69, 9.17) is 4.74 Å². The van der Waals surface area contributed by atoms with Gasteiger partial charge in [-0.3, -0.25) is 4.79 Å². The number of carbonyl (C=O) groups excluding carboxylic acids is 1. The molecule has 3 rings (SSSR count). The fourth-order valence-corrected chi connectivity index (χ4v) is 5.01. The van der Waals surface area contributed by atoms with Gasteiger partial charge in [0.25, 0.3) is 5.91 Å². The number of sulfone groups is 1. The minimum Gasteiger partial charge on any atom is -0.494 e. The second-order valence-corrected chi connectivity index (χ2v) is 9.18. The second kappa shape index (κ2) is 8.73. The first-order valence-electron chi connectivity index (χ1n) is 9.37. The summed E-state index contributed by atoms with van der Waals surface area (Å²) < 4.78 is 43.6. The van der Waals surface area contributed by atoms with E-state index < -0.39 is 21.7 Å². The number of nitrogens with zero attached hydrogens (tertiary/aromatic N) is 1. The highest BCUT2D eigenvalue weighted by molar-refractivity contribution is 7.91. The molecule has 1 heterocycles. The monoisotopic (exact) mass is 405 g/mol. The summed E-state index contributed by atoms with van der Waals surface area (Å²) in [5, 5.41) is 0. The summed E-state index contributed by atoms with van der Waals surface area (Å²) in [6, 6.07) is 12.5. The summed E-state index contributed by atoms with van der Waals surface area (Å²) in [5.41, 5.74) is 0.785. The number of ether oxygens (including phenoxy) is 1. The van der Waals surface area contributed by atoms with E-state index in [1.165, 1.54) is 11.0 Å². The van der Waals surface area contributed by atoms with E-state index in [0.29, 0.717) is 29.9 Å². The quantitative estimate of drug-likeness (QED) is 0.708. The maximum absolute atomic E-state index is 14.2. The normalized spacial score (nSPS) is 18.0. The molecular formula is C21H24FNO4S. The van der Waals surface area contributed by atoms with Gasteiger partial charge >= 0.3 is 0 Å². The van der Waals surface area contributed by atoms with E-state index in [1.54, 1.807) is 42.5 Å². The van der Waals surface area contributed by atoms with Crippen molar-refractivity contribution in [2.24, 2.45) is 0 Å². The highest BCUT2D eigenvalue weighted by Gasteiger charge is 2.35. The minimum atomic E-state index is -3.18. The zero-order valence-electron chi connectivity index (χ0n) is 15.8. The molecule has 7 heteroatoms. The van der Waals surface area contributed by atoms with Crippen LogP contribution in [0.3, 0.4) is 0 Å². The summed E-state index contributed by atoms with van der Waals surface area (Å²) in [5.74, 6) is -0.104. The van der Waals surface area contributed by atoms with Crippen molar-refractivity contribution in [3.8, 4) is 5.75 Å². The van der Waals surface area contributed by atoms with Gasteiger partial charge in [-0.05, 0) is 43.2 Å². The van der Waals surface area contributed by atoms with Crippen molar-refractivity contribution < 1.29 is 22.3 Å². The molecule has 150 valence electrons. The van der Waals surface area contributed by atoms with E-state index >= 15 is 0 Å². The summed E-state index contributed by atoms with van der Waals surface area (Å²) in [6.45, 7) is 2.63. The molecule has 2 aromatic rings. The van der Waals surface area contributed by atoms with Gasteiger partial charge in [0.05, 0.1) is 18.1 Å². The third-order valence-corrected chi connectivity index (χ3v) is 6.53. The van der Waals surface area contributed by atoms with Gasteiger partial charge in [-0.2, -0.15) is 0 Å². The van der Waals surface area contributed by atoms with Gasteiger partial charge in [-0.25, -0.2) is 12.8 Å². The van der Waals surface area contributed by atoms with Gasteiger partial charge in [0.2, 0.25) is 0 Å². The number of hydrogen-bond donors (Lipinski definition) is 0. The average Bonchev–Trinajstić information content (AvgIpc) is 3.05. The third-order valence-electron chi connectivity index (χ3n) is 4.78. The van der Waals surface area contributed by atoms with Crippen LogP contribution < -0.4 is 4.74 Å². The number of halogens is 1. The third kappa shape index (κ3) is 4.90. The molecule has 1 saturated heterocycles. The number of rotatable bonds is 7. The lowest BCUT2D eigenvalue weighted by atomic mass is 10.1.